The maximum Gasteiger partial charge on any atom is 0.161 e. The van der Waals surface area contributed by atoms with Crippen LogP contribution in [-0.4, -0.2) is 17.0 Å². The van der Waals surface area contributed by atoms with Crippen molar-refractivity contribution >= 4 is 22.6 Å². The first kappa shape index (κ1) is 12.4. The Labute approximate surface area is 106 Å². The van der Waals surface area contributed by atoms with Crippen molar-refractivity contribution < 1.29 is 4.39 Å². The summed E-state index contributed by atoms with van der Waals surface area (Å²) in [6, 6.07) is 5.38. The molecule has 2 rings (SSSR count). The third-order valence-electron chi connectivity index (χ3n) is 3.08. The number of benzene rings is 1. The Morgan fingerprint density at radius 3 is 2.82 bits per heavy atom. The van der Waals surface area contributed by atoms with Crippen LogP contribution in [0.15, 0.2) is 23.2 Å². The molecule has 2 unspecified atom stereocenters. The molecule has 0 aromatic heterocycles. The molecule has 1 aliphatic heterocycles. The van der Waals surface area contributed by atoms with Crippen LogP contribution in [0.3, 0.4) is 0 Å². The monoisotopic (exact) mass is 252 g/mol. The van der Waals surface area contributed by atoms with Crippen molar-refractivity contribution in [1.82, 2.24) is 0 Å². The summed E-state index contributed by atoms with van der Waals surface area (Å²) in [6.45, 7) is 6.18. The van der Waals surface area contributed by atoms with Crippen molar-refractivity contribution in [1.29, 1.82) is 0 Å². The number of anilines is 1. The predicted molar refractivity (Wildman–Crippen MR) is 73.3 cm³/mol. The van der Waals surface area contributed by atoms with Crippen LogP contribution < -0.4 is 5.32 Å². The van der Waals surface area contributed by atoms with Crippen LogP contribution in [-0.2, 0) is 0 Å². The Balaban J connectivity index is 2.19. The summed E-state index contributed by atoms with van der Waals surface area (Å²) in [5, 5.41) is 3.93. The van der Waals surface area contributed by atoms with Crippen molar-refractivity contribution in [3.63, 3.8) is 0 Å². The zero-order chi connectivity index (χ0) is 12.4. The SMILES string of the molecule is Cc1cccc(F)c1NC1=NC(C)C(C)CS1. The first-order valence-electron chi connectivity index (χ1n) is 5.80. The van der Waals surface area contributed by atoms with Crippen molar-refractivity contribution in [2.45, 2.75) is 26.8 Å². The number of aliphatic imine (C=N–C) groups is 1. The fourth-order valence-electron chi connectivity index (χ4n) is 1.66. The van der Waals surface area contributed by atoms with Gasteiger partial charge in [0.05, 0.1) is 11.7 Å². The molecule has 92 valence electrons. The van der Waals surface area contributed by atoms with E-state index in [1.165, 1.54) is 6.07 Å². The second-order valence-corrected chi connectivity index (χ2v) is 5.53. The second kappa shape index (κ2) is 5.08. The second-order valence-electron chi connectivity index (χ2n) is 4.52. The number of nitrogens with one attached hydrogen (secondary N) is 1. The normalized spacial score (nSPS) is 24.4. The molecule has 0 radical (unpaired) electrons. The summed E-state index contributed by atoms with van der Waals surface area (Å²) in [7, 11) is 0. The molecule has 2 nitrogen and oxygen atoms in total. The number of rotatable bonds is 1. The fraction of sp³-hybridized carbons (Fsp3) is 0.462. The molecule has 0 bridgehead atoms. The van der Waals surface area contributed by atoms with Crippen LogP contribution in [0.2, 0.25) is 0 Å². The molecule has 1 aromatic rings. The van der Waals surface area contributed by atoms with Gasteiger partial charge >= 0.3 is 0 Å². The molecule has 4 heteroatoms. The molecular weight excluding hydrogens is 235 g/mol. The smallest absolute Gasteiger partial charge is 0.161 e. The van der Waals surface area contributed by atoms with Crippen molar-refractivity contribution in [2.24, 2.45) is 10.9 Å². The molecule has 1 aromatic carbocycles. The highest BCUT2D eigenvalue weighted by atomic mass is 32.2. The van der Waals surface area contributed by atoms with Gasteiger partial charge < -0.3 is 5.32 Å². The van der Waals surface area contributed by atoms with E-state index in [-0.39, 0.29) is 5.82 Å². The summed E-state index contributed by atoms with van der Waals surface area (Å²) in [6.07, 6.45) is 0. The maximum absolute atomic E-state index is 13.7. The largest absolute Gasteiger partial charge is 0.332 e. The number of nitrogens with zero attached hydrogens (tertiary/aromatic N) is 1. The Morgan fingerprint density at radius 1 is 1.41 bits per heavy atom. The topological polar surface area (TPSA) is 24.4 Å². The van der Waals surface area contributed by atoms with Crippen molar-refractivity contribution in [2.75, 3.05) is 11.1 Å². The van der Waals surface area contributed by atoms with E-state index in [4.69, 9.17) is 0 Å². The van der Waals surface area contributed by atoms with Gasteiger partial charge in [0.2, 0.25) is 0 Å². The number of amidine groups is 1. The predicted octanol–water partition coefficient (Wildman–Crippen LogP) is 3.67. The van der Waals surface area contributed by atoms with Crippen LogP contribution in [0.1, 0.15) is 19.4 Å². The molecule has 0 saturated carbocycles. The molecule has 0 saturated heterocycles. The van der Waals surface area contributed by atoms with Gasteiger partial charge in [-0.1, -0.05) is 30.8 Å². The van der Waals surface area contributed by atoms with Crippen LogP contribution in [0.5, 0.6) is 0 Å². The number of thioether (sulfide) groups is 1. The summed E-state index contributed by atoms with van der Waals surface area (Å²) < 4.78 is 13.7. The molecule has 0 aliphatic carbocycles. The van der Waals surface area contributed by atoms with E-state index < -0.39 is 0 Å². The van der Waals surface area contributed by atoms with Crippen LogP contribution in [0, 0.1) is 18.7 Å². The van der Waals surface area contributed by atoms with E-state index in [0.29, 0.717) is 17.6 Å². The number of para-hydroxylation sites is 1. The highest BCUT2D eigenvalue weighted by Gasteiger charge is 2.20. The first-order valence-corrected chi connectivity index (χ1v) is 6.79. The Bertz CT molecular complexity index is 425. The molecule has 17 heavy (non-hydrogen) atoms. The molecule has 0 fully saturated rings. The molecule has 1 N–H and O–H groups in total. The van der Waals surface area contributed by atoms with E-state index in [0.717, 1.165) is 16.5 Å². The number of hydrogen-bond acceptors (Lipinski definition) is 3. The minimum atomic E-state index is -0.223. The van der Waals surface area contributed by atoms with Gasteiger partial charge in [0.15, 0.2) is 5.17 Å². The lowest BCUT2D eigenvalue weighted by molar-refractivity contribution is 0.537. The molecule has 0 spiro atoms. The van der Waals surface area contributed by atoms with Gasteiger partial charge in [0, 0.05) is 5.75 Å². The number of hydrogen-bond donors (Lipinski definition) is 1. The number of aryl methyl sites for hydroxylation is 1. The molecular formula is C13H17FN2S. The summed E-state index contributed by atoms with van der Waals surface area (Å²) >= 11 is 1.66. The first-order chi connectivity index (χ1) is 8.08. The minimum absolute atomic E-state index is 0.223. The van der Waals surface area contributed by atoms with Crippen molar-refractivity contribution in [3.8, 4) is 0 Å². The van der Waals surface area contributed by atoms with Gasteiger partial charge in [-0.05, 0) is 31.4 Å². The molecule has 1 aliphatic rings. The van der Waals surface area contributed by atoms with Crippen molar-refractivity contribution in [3.05, 3.63) is 29.6 Å². The zero-order valence-corrected chi connectivity index (χ0v) is 11.1. The summed E-state index contributed by atoms with van der Waals surface area (Å²) in [5.41, 5.74) is 1.44. The lowest BCUT2D eigenvalue weighted by atomic mass is 10.1. The van der Waals surface area contributed by atoms with Gasteiger partial charge in [-0.2, -0.15) is 0 Å². The lowest BCUT2D eigenvalue weighted by Gasteiger charge is -2.24. The van der Waals surface area contributed by atoms with E-state index in [2.05, 4.69) is 24.2 Å². The van der Waals surface area contributed by atoms with E-state index in [9.17, 15) is 4.39 Å². The minimum Gasteiger partial charge on any atom is -0.332 e. The van der Waals surface area contributed by atoms with Gasteiger partial charge in [-0.15, -0.1) is 0 Å². The zero-order valence-electron chi connectivity index (χ0n) is 10.3. The quantitative estimate of drug-likeness (QED) is 0.824. The van der Waals surface area contributed by atoms with E-state index in [1.54, 1.807) is 17.8 Å². The third-order valence-corrected chi connectivity index (χ3v) is 4.25. The van der Waals surface area contributed by atoms with Gasteiger partial charge in [0.25, 0.3) is 0 Å². The Morgan fingerprint density at radius 2 is 2.18 bits per heavy atom. The van der Waals surface area contributed by atoms with E-state index in [1.807, 2.05) is 13.0 Å². The highest BCUT2D eigenvalue weighted by Crippen LogP contribution is 2.26. The van der Waals surface area contributed by atoms with E-state index >= 15 is 0 Å². The van der Waals surface area contributed by atoms with Gasteiger partial charge in [-0.3, -0.25) is 4.99 Å². The third kappa shape index (κ3) is 2.80. The Kier molecular flexibility index (Phi) is 3.72. The molecule has 2 atom stereocenters. The fourth-order valence-corrected chi connectivity index (χ4v) is 2.78. The summed E-state index contributed by atoms with van der Waals surface area (Å²) in [5.74, 6) is 1.38. The van der Waals surface area contributed by atoms with Crippen LogP contribution >= 0.6 is 11.8 Å². The maximum atomic E-state index is 13.7. The average molecular weight is 252 g/mol. The molecule has 0 amide bonds. The van der Waals surface area contributed by atoms with Crippen LogP contribution in [0.4, 0.5) is 10.1 Å². The standard InChI is InChI=1S/C13H17FN2S/c1-8-5-4-6-11(14)12(8)16-13-15-10(3)9(2)7-17-13/h4-6,9-10H,7H2,1-3H3,(H,15,16). The highest BCUT2D eigenvalue weighted by molar-refractivity contribution is 8.14. The number of halogens is 1. The Hall–Kier alpha value is -1.03. The summed E-state index contributed by atoms with van der Waals surface area (Å²) in [4.78, 5) is 4.54. The molecule has 1 heterocycles. The average Bonchev–Trinajstić information content (AvgIpc) is 2.28. The lowest BCUT2D eigenvalue weighted by Crippen LogP contribution is -2.25. The van der Waals surface area contributed by atoms with Gasteiger partial charge in [-0.25, -0.2) is 4.39 Å². The van der Waals surface area contributed by atoms with Crippen LogP contribution in [0.25, 0.3) is 0 Å². The van der Waals surface area contributed by atoms with Gasteiger partial charge in [0.1, 0.15) is 5.82 Å².